The van der Waals surface area contributed by atoms with Crippen LogP contribution >= 0.6 is 11.6 Å². The van der Waals surface area contributed by atoms with Gasteiger partial charge in [-0.25, -0.2) is 13.6 Å². The molecule has 0 spiro atoms. The summed E-state index contributed by atoms with van der Waals surface area (Å²) in [4.78, 5) is 2.23. The van der Waals surface area contributed by atoms with E-state index in [0.717, 1.165) is 16.1 Å². The summed E-state index contributed by atoms with van der Waals surface area (Å²) in [5.74, 6) is 0. The number of nitrogens with two attached hydrogens (primary N) is 1. The van der Waals surface area contributed by atoms with Crippen molar-refractivity contribution in [2.24, 2.45) is 5.14 Å². The number of hydrogen-bond donors (Lipinski definition) is 1. The highest BCUT2D eigenvalue weighted by Crippen LogP contribution is 2.25. The van der Waals surface area contributed by atoms with Gasteiger partial charge in [0.05, 0.1) is 4.90 Å². The second-order valence-electron chi connectivity index (χ2n) is 5.30. The SMILES string of the molecule is C[C@H](c1cccc(S(N)(=O)=O)c1)N(C)Cc1ccccc1Cl. The fourth-order valence-electron chi connectivity index (χ4n) is 2.24. The van der Waals surface area contributed by atoms with Crippen LogP contribution in [-0.2, 0) is 16.6 Å². The molecule has 118 valence electrons. The zero-order chi connectivity index (χ0) is 16.3. The molecule has 6 heteroatoms. The van der Waals surface area contributed by atoms with E-state index in [1.54, 1.807) is 12.1 Å². The lowest BCUT2D eigenvalue weighted by Crippen LogP contribution is -2.22. The van der Waals surface area contributed by atoms with Crippen LogP contribution in [0.15, 0.2) is 53.4 Å². The van der Waals surface area contributed by atoms with Gasteiger partial charge in [-0.2, -0.15) is 0 Å². The first-order valence-corrected chi connectivity index (χ1v) is 8.78. The summed E-state index contributed by atoms with van der Waals surface area (Å²) in [5, 5.41) is 5.91. The summed E-state index contributed by atoms with van der Waals surface area (Å²) in [6.07, 6.45) is 0. The van der Waals surface area contributed by atoms with Gasteiger partial charge in [-0.1, -0.05) is 41.9 Å². The molecule has 0 saturated heterocycles. The normalized spacial score (nSPS) is 13.3. The molecular weight excluding hydrogens is 320 g/mol. The largest absolute Gasteiger partial charge is 0.295 e. The number of benzene rings is 2. The summed E-state index contributed by atoms with van der Waals surface area (Å²) in [6, 6.07) is 14.4. The van der Waals surface area contributed by atoms with Crippen molar-refractivity contribution in [1.82, 2.24) is 4.90 Å². The lowest BCUT2D eigenvalue weighted by Gasteiger charge is -2.25. The molecule has 22 heavy (non-hydrogen) atoms. The molecular formula is C16H19ClN2O2S. The molecule has 0 fully saturated rings. The predicted octanol–water partition coefficient (Wildman–Crippen LogP) is 3.18. The minimum atomic E-state index is -3.69. The van der Waals surface area contributed by atoms with Gasteiger partial charge in [0.25, 0.3) is 0 Å². The zero-order valence-electron chi connectivity index (χ0n) is 12.5. The highest BCUT2D eigenvalue weighted by atomic mass is 35.5. The van der Waals surface area contributed by atoms with Crippen LogP contribution in [-0.4, -0.2) is 20.4 Å². The Hall–Kier alpha value is -1.40. The Kier molecular flexibility index (Phi) is 5.24. The quantitative estimate of drug-likeness (QED) is 0.910. The first-order chi connectivity index (χ1) is 10.3. The fourth-order valence-corrected chi connectivity index (χ4v) is 3.00. The van der Waals surface area contributed by atoms with Crippen LogP contribution in [0, 0.1) is 0 Å². The van der Waals surface area contributed by atoms with Crippen LogP contribution in [0.5, 0.6) is 0 Å². The molecule has 2 aromatic rings. The van der Waals surface area contributed by atoms with Crippen LogP contribution in [0.1, 0.15) is 24.1 Å². The molecule has 2 aromatic carbocycles. The Morgan fingerprint density at radius 1 is 1.18 bits per heavy atom. The van der Waals surface area contributed by atoms with Crippen molar-refractivity contribution in [2.75, 3.05) is 7.05 Å². The second-order valence-corrected chi connectivity index (χ2v) is 7.27. The van der Waals surface area contributed by atoms with E-state index in [9.17, 15) is 8.42 Å². The maximum atomic E-state index is 11.5. The molecule has 0 heterocycles. The second kappa shape index (κ2) is 6.79. The highest BCUT2D eigenvalue weighted by Gasteiger charge is 2.16. The van der Waals surface area contributed by atoms with Crippen molar-refractivity contribution in [3.63, 3.8) is 0 Å². The fraction of sp³-hybridized carbons (Fsp3) is 0.250. The maximum absolute atomic E-state index is 11.5. The minimum absolute atomic E-state index is 0.0259. The Labute approximate surface area is 136 Å². The summed E-state index contributed by atoms with van der Waals surface area (Å²) >= 11 is 6.18. The number of rotatable bonds is 5. The van der Waals surface area contributed by atoms with Gasteiger partial charge in [0.15, 0.2) is 0 Å². The van der Waals surface area contributed by atoms with E-state index in [4.69, 9.17) is 16.7 Å². The van der Waals surface area contributed by atoms with Crippen LogP contribution in [0.2, 0.25) is 5.02 Å². The molecule has 4 nitrogen and oxygen atoms in total. The van der Waals surface area contributed by atoms with Crippen molar-refractivity contribution in [3.8, 4) is 0 Å². The van der Waals surface area contributed by atoms with E-state index in [1.807, 2.05) is 44.3 Å². The third-order valence-electron chi connectivity index (χ3n) is 3.71. The number of sulfonamides is 1. The average Bonchev–Trinajstić information content (AvgIpc) is 2.48. The first-order valence-electron chi connectivity index (χ1n) is 6.85. The molecule has 0 saturated carbocycles. The molecule has 0 aromatic heterocycles. The van der Waals surface area contributed by atoms with Gasteiger partial charge in [-0.3, -0.25) is 4.90 Å². The van der Waals surface area contributed by atoms with E-state index < -0.39 is 10.0 Å². The van der Waals surface area contributed by atoms with Crippen molar-refractivity contribution in [2.45, 2.75) is 24.4 Å². The van der Waals surface area contributed by atoms with E-state index in [1.165, 1.54) is 6.07 Å². The summed E-state index contributed by atoms with van der Waals surface area (Å²) in [6.45, 7) is 2.68. The smallest absolute Gasteiger partial charge is 0.238 e. The van der Waals surface area contributed by atoms with Crippen molar-refractivity contribution >= 4 is 21.6 Å². The standard InChI is InChI=1S/C16H19ClN2O2S/c1-12(13-7-5-8-15(10-13)22(18,20)21)19(2)11-14-6-3-4-9-16(14)17/h3-10,12H,11H2,1-2H3,(H2,18,20,21)/t12-/m1/s1. The Bertz CT molecular complexity index is 762. The third kappa shape index (κ3) is 4.08. The molecule has 0 unspecified atom stereocenters. The monoisotopic (exact) mass is 338 g/mol. The summed E-state index contributed by atoms with van der Waals surface area (Å²) < 4.78 is 22.9. The molecule has 0 aliphatic rings. The van der Waals surface area contributed by atoms with Crippen LogP contribution in [0.25, 0.3) is 0 Å². The molecule has 0 amide bonds. The van der Waals surface area contributed by atoms with Gasteiger partial charge in [0, 0.05) is 17.6 Å². The Balaban J connectivity index is 2.21. The van der Waals surface area contributed by atoms with Gasteiger partial charge < -0.3 is 0 Å². The Morgan fingerprint density at radius 2 is 1.86 bits per heavy atom. The number of nitrogens with zero attached hydrogens (tertiary/aromatic N) is 1. The predicted molar refractivity (Wildman–Crippen MR) is 89.1 cm³/mol. The molecule has 2 N–H and O–H groups in total. The number of primary sulfonamides is 1. The highest BCUT2D eigenvalue weighted by molar-refractivity contribution is 7.89. The summed E-state index contributed by atoms with van der Waals surface area (Å²) in [5.41, 5.74) is 1.92. The molecule has 0 aliphatic carbocycles. The lowest BCUT2D eigenvalue weighted by atomic mass is 10.1. The van der Waals surface area contributed by atoms with E-state index in [0.29, 0.717) is 6.54 Å². The van der Waals surface area contributed by atoms with Crippen LogP contribution in [0.4, 0.5) is 0 Å². The average molecular weight is 339 g/mol. The first kappa shape index (κ1) is 17.0. The van der Waals surface area contributed by atoms with Crippen molar-refractivity contribution < 1.29 is 8.42 Å². The molecule has 0 radical (unpaired) electrons. The topological polar surface area (TPSA) is 63.4 Å². The lowest BCUT2D eigenvalue weighted by molar-refractivity contribution is 0.253. The van der Waals surface area contributed by atoms with E-state index >= 15 is 0 Å². The van der Waals surface area contributed by atoms with Crippen LogP contribution in [0.3, 0.4) is 0 Å². The maximum Gasteiger partial charge on any atom is 0.238 e. The minimum Gasteiger partial charge on any atom is -0.295 e. The van der Waals surface area contributed by atoms with Gasteiger partial charge in [0.1, 0.15) is 0 Å². The van der Waals surface area contributed by atoms with Crippen molar-refractivity contribution in [1.29, 1.82) is 0 Å². The zero-order valence-corrected chi connectivity index (χ0v) is 14.1. The molecule has 1 atom stereocenters. The van der Waals surface area contributed by atoms with Crippen LogP contribution < -0.4 is 5.14 Å². The van der Waals surface area contributed by atoms with Gasteiger partial charge in [0.2, 0.25) is 10.0 Å². The number of hydrogen-bond acceptors (Lipinski definition) is 3. The molecule has 2 rings (SSSR count). The third-order valence-corrected chi connectivity index (χ3v) is 4.99. The van der Waals surface area contributed by atoms with Gasteiger partial charge in [-0.15, -0.1) is 0 Å². The van der Waals surface area contributed by atoms with E-state index in [2.05, 4.69) is 4.90 Å². The molecule has 0 aliphatic heterocycles. The molecule has 0 bridgehead atoms. The Morgan fingerprint density at radius 3 is 2.50 bits per heavy atom. The summed E-state index contributed by atoms with van der Waals surface area (Å²) in [7, 11) is -1.72. The van der Waals surface area contributed by atoms with Gasteiger partial charge in [-0.05, 0) is 43.3 Å². The number of halogens is 1. The van der Waals surface area contributed by atoms with E-state index in [-0.39, 0.29) is 10.9 Å². The van der Waals surface area contributed by atoms with Gasteiger partial charge >= 0.3 is 0 Å². The van der Waals surface area contributed by atoms with Crippen molar-refractivity contribution in [3.05, 3.63) is 64.7 Å².